The number of halogens is 1. The molecule has 3 aromatic rings. The number of nitrogens with zero attached hydrogens (tertiary/aromatic N) is 2. The van der Waals surface area contributed by atoms with Crippen LogP contribution in [0.3, 0.4) is 0 Å². The molecule has 4 rings (SSSR count). The van der Waals surface area contributed by atoms with Gasteiger partial charge in [-0.25, -0.2) is 4.99 Å². The van der Waals surface area contributed by atoms with Crippen LogP contribution >= 0.6 is 27.7 Å². The summed E-state index contributed by atoms with van der Waals surface area (Å²) < 4.78 is 12.9. The van der Waals surface area contributed by atoms with E-state index in [1.807, 2.05) is 85.8 Å². The lowest BCUT2D eigenvalue weighted by Gasteiger charge is -2.14. The first-order chi connectivity index (χ1) is 17.1. The highest BCUT2D eigenvalue weighted by atomic mass is 79.9. The molecule has 0 aliphatic carbocycles. The number of hydrogen-bond donors (Lipinski definition) is 0. The van der Waals surface area contributed by atoms with Crippen LogP contribution in [0.2, 0.25) is 0 Å². The van der Waals surface area contributed by atoms with E-state index >= 15 is 0 Å². The number of para-hydroxylation sites is 1. The molecule has 0 unspecified atom stereocenters. The highest BCUT2D eigenvalue weighted by Gasteiger charge is 2.32. The van der Waals surface area contributed by atoms with Crippen molar-refractivity contribution in [3.8, 4) is 11.5 Å². The fourth-order valence-corrected chi connectivity index (χ4v) is 4.81. The Balaban J connectivity index is 1.56. The summed E-state index contributed by atoms with van der Waals surface area (Å²) in [7, 11) is 0. The average molecular weight is 552 g/mol. The van der Waals surface area contributed by atoms with Gasteiger partial charge in [-0.3, -0.25) is 9.69 Å². The second kappa shape index (κ2) is 12.1. The largest absolute Gasteiger partial charge is 0.490 e. The number of amidine groups is 1. The molecule has 0 bridgehead atoms. The summed E-state index contributed by atoms with van der Waals surface area (Å²) in [6.07, 6.45) is 2.75. The van der Waals surface area contributed by atoms with Gasteiger partial charge in [-0.05, 0) is 78.7 Å². The van der Waals surface area contributed by atoms with Gasteiger partial charge < -0.3 is 9.47 Å². The molecule has 0 spiro atoms. The van der Waals surface area contributed by atoms with Gasteiger partial charge in [0.1, 0.15) is 6.61 Å². The molecule has 0 N–H and O–H groups in total. The van der Waals surface area contributed by atoms with Gasteiger partial charge >= 0.3 is 0 Å². The zero-order valence-corrected chi connectivity index (χ0v) is 22.1. The lowest BCUT2D eigenvalue weighted by molar-refractivity contribution is -0.122. The SMILES string of the molecule is CCCN1C(=O)/C(=C\c2ccc(OCc3ccc(Br)cc3)c(OCC)c2)SC1=Nc1ccccc1. The van der Waals surface area contributed by atoms with Gasteiger partial charge in [0, 0.05) is 11.0 Å². The van der Waals surface area contributed by atoms with E-state index in [4.69, 9.17) is 14.5 Å². The zero-order chi connectivity index (χ0) is 24.6. The molecule has 5 nitrogen and oxygen atoms in total. The van der Waals surface area contributed by atoms with Gasteiger partial charge in [0.05, 0.1) is 17.2 Å². The Labute approximate surface area is 219 Å². The third-order valence-electron chi connectivity index (χ3n) is 5.19. The van der Waals surface area contributed by atoms with Crippen molar-refractivity contribution in [3.05, 3.63) is 93.3 Å². The molecule has 0 atom stereocenters. The van der Waals surface area contributed by atoms with Crippen LogP contribution in [-0.2, 0) is 11.4 Å². The molecule has 7 heteroatoms. The fourth-order valence-electron chi connectivity index (χ4n) is 3.52. The lowest BCUT2D eigenvalue weighted by atomic mass is 10.1. The van der Waals surface area contributed by atoms with Crippen LogP contribution in [0.5, 0.6) is 11.5 Å². The van der Waals surface area contributed by atoms with E-state index < -0.39 is 0 Å². The monoisotopic (exact) mass is 550 g/mol. The number of rotatable bonds is 9. The average Bonchev–Trinajstić information content (AvgIpc) is 3.14. The first-order valence-electron chi connectivity index (χ1n) is 11.6. The van der Waals surface area contributed by atoms with Crippen LogP contribution in [0.4, 0.5) is 5.69 Å². The molecule has 0 aromatic heterocycles. The van der Waals surface area contributed by atoms with E-state index in [0.717, 1.165) is 27.7 Å². The second-order valence-corrected chi connectivity index (χ2v) is 9.78. The quantitative estimate of drug-likeness (QED) is 0.260. The van der Waals surface area contributed by atoms with Crippen molar-refractivity contribution in [2.75, 3.05) is 13.2 Å². The minimum atomic E-state index is -0.0277. The molecule has 1 heterocycles. The Bertz CT molecular complexity index is 1230. The summed E-state index contributed by atoms with van der Waals surface area (Å²) in [5.41, 5.74) is 2.77. The third-order valence-corrected chi connectivity index (χ3v) is 6.72. The van der Waals surface area contributed by atoms with E-state index in [-0.39, 0.29) is 5.91 Å². The Morgan fingerprint density at radius 2 is 1.74 bits per heavy atom. The molecule has 1 aliphatic heterocycles. The maximum absolute atomic E-state index is 13.2. The van der Waals surface area contributed by atoms with Gasteiger partial charge in [0.25, 0.3) is 5.91 Å². The van der Waals surface area contributed by atoms with Crippen LogP contribution < -0.4 is 9.47 Å². The van der Waals surface area contributed by atoms with Gasteiger partial charge in [0.15, 0.2) is 16.7 Å². The van der Waals surface area contributed by atoms with Gasteiger partial charge in [0.2, 0.25) is 0 Å². The maximum Gasteiger partial charge on any atom is 0.266 e. The summed E-state index contributed by atoms with van der Waals surface area (Å²) in [5, 5.41) is 0.703. The van der Waals surface area contributed by atoms with Crippen molar-refractivity contribution in [2.45, 2.75) is 26.9 Å². The molecule has 1 aliphatic rings. The maximum atomic E-state index is 13.2. The Morgan fingerprint density at radius 1 is 0.971 bits per heavy atom. The van der Waals surface area contributed by atoms with Crippen LogP contribution in [-0.4, -0.2) is 29.1 Å². The molecule has 3 aromatic carbocycles. The smallest absolute Gasteiger partial charge is 0.266 e. The number of carbonyl (C=O) groups excluding carboxylic acids is 1. The molecule has 0 radical (unpaired) electrons. The van der Waals surface area contributed by atoms with Crippen molar-refractivity contribution < 1.29 is 14.3 Å². The number of aliphatic imine (C=N–C) groups is 1. The molecular formula is C28H27BrN2O3S. The Hall–Kier alpha value is -3.03. The summed E-state index contributed by atoms with van der Waals surface area (Å²) >= 11 is 4.85. The highest BCUT2D eigenvalue weighted by molar-refractivity contribution is 9.10. The van der Waals surface area contributed by atoms with E-state index in [0.29, 0.717) is 41.3 Å². The van der Waals surface area contributed by atoms with Crippen molar-refractivity contribution >= 4 is 50.5 Å². The number of amides is 1. The van der Waals surface area contributed by atoms with Crippen molar-refractivity contribution in [1.82, 2.24) is 4.90 Å². The van der Waals surface area contributed by atoms with Crippen molar-refractivity contribution in [3.63, 3.8) is 0 Å². The molecule has 1 fully saturated rings. The molecular weight excluding hydrogens is 524 g/mol. The van der Waals surface area contributed by atoms with E-state index in [9.17, 15) is 4.79 Å². The number of carbonyl (C=O) groups is 1. The van der Waals surface area contributed by atoms with Gasteiger partial charge in [-0.15, -0.1) is 0 Å². The number of thioether (sulfide) groups is 1. The number of benzene rings is 3. The molecule has 35 heavy (non-hydrogen) atoms. The van der Waals surface area contributed by atoms with E-state index in [1.165, 1.54) is 11.8 Å². The number of hydrogen-bond acceptors (Lipinski definition) is 5. The van der Waals surface area contributed by atoms with Crippen LogP contribution in [0.15, 0.2) is 87.2 Å². The highest BCUT2D eigenvalue weighted by Crippen LogP contribution is 2.36. The standard InChI is InChI=1S/C28H27BrN2O3S/c1-3-16-31-27(32)26(35-28(31)30-23-8-6-5-7-9-23)18-21-12-15-24(25(17-21)33-4-2)34-19-20-10-13-22(29)14-11-20/h5-15,17-18H,3-4,16,19H2,1-2H3/b26-18+,30-28?. The first-order valence-corrected chi connectivity index (χ1v) is 13.2. The van der Waals surface area contributed by atoms with Crippen LogP contribution in [0.25, 0.3) is 6.08 Å². The zero-order valence-electron chi connectivity index (χ0n) is 19.7. The van der Waals surface area contributed by atoms with Crippen LogP contribution in [0.1, 0.15) is 31.4 Å². The van der Waals surface area contributed by atoms with Crippen molar-refractivity contribution in [1.29, 1.82) is 0 Å². The summed E-state index contributed by atoms with van der Waals surface area (Å²) in [4.78, 5) is 20.3. The van der Waals surface area contributed by atoms with Gasteiger partial charge in [-0.1, -0.05) is 59.3 Å². The van der Waals surface area contributed by atoms with Crippen molar-refractivity contribution in [2.24, 2.45) is 4.99 Å². The predicted octanol–water partition coefficient (Wildman–Crippen LogP) is 7.44. The summed E-state index contributed by atoms with van der Waals surface area (Å²) in [6, 6.07) is 23.5. The minimum Gasteiger partial charge on any atom is -0.490 e. The topological polar surface area (TPSA) is 51.1 Å². The minimum absolute atomic E-state index is 0.0277. The molecule has 1 amide bonds. The molecule has 0 saturated carbocycles. The Kier molecular flexibility index (Phi) is 8.66. The fraction of sp³-hybridized carbons (Fsp3) is 0.214. The van der Waals surface area contributed by atoms with E-state index in [1.54, 1.807) is 4.90 Å². The van der Waals surface area contributed by atoms with Gasteiger partial charge in [-0.2, -0.15) is 0 Å². The second-order valence-electron chi connectivity index (χ2n) is 7.85. The summed E-state index contributed by atoms with van der Waals surface area (Å²) in [6.45, 7) is 5.58. The van der Waals surface area contributed by atoms with E-state index in [2.05, 4.69) is 22.9 Å². The predicted molar refractivity (Wildman–Crippen MR) is 147 cm³/mol. The number of ether oxygens (including phenoxy) is 2. The first kappa shape index (κ1) is 25.1. The third kappa shape index (κ3) is 6.55. The Morgan fingerprint density at radius 3 is 2.46 bits per heavy atom. The van der Waals surface area contributed by atoms with Crippen LogP contribution in [0, 0.1) is 0 Å². The summed E-state index contributed by atoms with van der Waals surface area (Å²) in [5.74, 6) is 1.29. The normalized spacial score (nSPS) is 15.7. The molecule has 1 saturated heterocycles. The molecule has 180 valence electrons. The lowest BCUT2D eigenvalue weighted by Crippen LogP contribution is -2.29.